The molecule has 5 aromatic rings. The number of carbonyl (C=O) groups is 2. The summed E-state index contributed by atoms with van der Waals surface area (Å²) in [5.41, 5.74) is 13.4. The maximum atomic E-state index is 15.4. The smallest absolute Gasteiger partial charge is 0.323 e. The Morgan fingerprint density at radius 1 is 1.20 bits per heavy atom. The van der Waals surface area contributed by atoms with E-state index in [-0.39, 0.29) is 34.4 Å². The van der Waals surface area contributed by atoms with Crippen molar-refractivity contribution in [1.29, 1.82) is 0 Å². The van der Waals surface area contributed by atoms with Crippen LogP contribution in [0.5, 0.6) is 0 Å². The van der Waals surface area contributed by atoms with Crippen molar-refractivity contribution in [2.24, 2.45) is 12.8 Å². The molecule has 1 atom stereocenters. The number of hydrogen-bond acceptors (Lipinski definition) is 11. The van der Waals surface area contributed by atoms with Crippen LogP contribution in [0.4, 0.5) is 22.0 Å². The van der Waals surface area contributed by atoms with Gasteiger partial charge in [-0.15, -0.1) is 0 Å². The molecular weight excluding hydrogens is 585 g/mol. The Morgan fingerprint density at radius 2 is 2.00 bits per heavy atom. The van der Waals surface area contributed by atoms with Gasteiger partial charge in [-0.05, 0) is 47.9 Å². The molecule has 1 fully saturated rings. The molecule has 230 valence electrons. The van der Waals surface area contributed by atoms with Crippen LogP contribution in [-0.4, -0.2) is 52.4 Å². The van der Waals surface area contributed by atoms with Crippen LogP contribution in [0.15, 0.2) is 59.8 Å². The van der Waals surface area contributed by atoms with Crippen molar-refractivity contribution >= 4 is 40.3 Å². The van der Waals surface area contributed by atoms with Crippen LogP contribution in [-0.2, 0) is 28.0 Å². The first-order valence-corrected chi connectivity index (χ1v) is 14.0. The number of hydrogen-bond donors (Lipinski definition) is 4. The van der Waals surface area contributed by atoms with E-state index in [2.05, 4.69) is 25.4 Å². The highest BCUT2D eigenvalue weighted by molar-refractivity contribution is 5.84. The summed E-state index contributed by atoms with van der Waals surface area (Å²) in [6.45, 7) is -0.456. The number of anilines is 3. The number of carbonyl (C=O) groups excluding carboxylic acids is 1. The van der Waals surface area contributed by atoms with Gasteiger partial charge in [-0.2, -0.15) is 20.1 Å². The number of ether oxygens (including phenoxy) is 1. The second kappa shape index (κ2) is 11.8. The van der Waals surface area contributed by atoms with E-state index >= 15 is 4.39 Å². The number of carboxylic acids is 1. The standard InChI is InChI=1S/C30H28FN9O5/c1-39-13-18(12-34-39)35-30-37-26(36-29(33)38-30)19-3-2-4-23(20(19)14-45-28(44)22(32)11-24(41)42)40-8-7-16-9-17(15-5-6-15)10-21(31)25(16)27(40)43/h2-4,7-10,12-13,15,22H,5-6,11,14,32H2,1H3,(H,41,42)(H3,33,35,36,37,38)/t22-/m0/s1. The highest BCUT2D eigenvalue weighted by Crippen LogP contribution is 2.41. The molecule has 1 aliphatic carbocycles. The highest BCUT2D eigenvalue weighted by atomic mass is 19.1. The third kappa shape index (κ3) is 6.19. The summed E-state index contributed by atoms with van der Waals surface area (Å²) in [7, 11) is 1.74. The summed E-state index contributed by atoms with van der Waals surface area (Å²) in [6.07, 6.45) is 6.09. The molecule has 0 aliphatic heterocycles. The number of nitrogens with one attached hydrogen (secondary N) is 1. The second-order valence-electron chi connectivity index (χ2n) is 10.7. The van der Waals surface area contributed by atoms with Crippen molar-refractivity contribution in [3.05, 3.63) is 82.3 Å². The van der Waals surface area contributed by atoms with Gasteiger partial charge in [0.25, 0.3) is 5.56 Å². The number of rotatable bonds is 10. The van der Waals surface area contributed by atoms with E-state index < -0.39 is 42.4 Å². The first kappa shape index (κ1) is 29.4. The molecule has 0 amide bonds. The third-order valence-corrected chi connectivity index (χ3v) is 7.35. The molecule has 14 nitrogen and oxygen atoms in total. The van der Waals surface area contributed by atoms with Crippen molar-refractivity contribution in [1.82, 2.24) is 29.3 Å². The van der Waals surface area contributed by atoms with E-state index in [1.54, 1.807) is 48.4 Å². The Balaban J connectivity index is 1.46. The van der Waals surface area contributed by atoms with Gasteiger partial charge in [0.1, 0.15) is 18.5 Å². The maximum absolute atomic E-state index is 15.4. The number of aliphatic carboxylic acids is 1. The third-order valence-electron chi connectivity index (χ3n) is 7.35. The van der Waals surface area contributed by atoms with Gasteiger partial charge < -0.3 is 26.6 Å². The predicted molar refractivity (Wildman–Crippen MR) is 161 cm³/mol. The second-order valence-corrected chi connectivity index (χ2v) is 10.7. The molecule has 2 aromatic carbocycles. The maximum Gasteiger partial charge on any atom is 0.323 e. The van der Waals surface area contributed by atoms with Gasteiger partial charge in [0.05, 0.1) is 29.4 Å². The lowest BCUT2D eigenvalue weighted by Crippen LogP contribution is -2.34. The lowest BCUT2D eigenvalue weighted by molar-refractivity contribution is -0.150. The zero-order chi connectivity index (χ0) is 31.8. The number of esters is 1. The van der Waals surface area contributed by atoms with Gasteiger partial charge in [-0.25, -0.2) is 4.39 Å². The van der Waals surface area contributed by atoms with Gasteiger partial charge in [0, 0.05) is 30.6 Å². The van der Waals surface area contributed by atoms with Crippen molar-refractivity contribution in [2.75, 3.05) is 11.1 Å². The minimum absolute atomic E-state index is 0.0747. The highest BCUT2D eigenvalue weighted by Gasteiger charge is 2.26. The van der Waals surface area contributed by atoms with Crippen LogP contribution in [0.3, 0.4) is 0 Å². The van der Waals surface area contributed by atoms with Crippen molar-refractivity contribution < 1.29 is 23.8 Å². The number of pyridine rings is 1. The average molecular weight is 614 g/mol. The first-order valence-electron chi connectivity index (χ1n) is 14.0. The molecule has 6 N–H and O–H groups in total. The minimum Gasteiger partial charge on any atom is -0.481 e. The lowest BCUT2D eigenvalue weighted by atomic mass is 10.0. The Bertz CT molecular complexity index is 2020. The molecule has 0 spiro atoms. The SMILES string of the molecule is Cn1cc(Nc2nc(N)nc(-c3cccc(-n4ccc5cc(C6CC6)cc(F)c5c4=O)c3COC(=O)[C@@H](N)CC(=O)O)n2)cn1. The fraction of sp³-hybridized carbons (Fsp3) is 0.233. The van der Waals surface area contributed by atoms with Crippen LogP contribution >= 0.6 is 0 Å². The number of fused-ring (bicyclic) bond motifs is 1. The van der Waals surface area contributed by atoms with Crippen molar-refractivity contribution in [2.45, 2.75) is 37.8 Å². The van der Waals surface area contributed by atoms with Crippen LogP contribution in [0.2, 0.25) is 0 Å². The molecule has 0 radical (unpaired) electrons. The Hall–Kier alpha value is -5.70. The van der Waals surface area contributed by atoms with Gasteiger partial charge >= 0.3 is 11.9 Å². The predicted octanol–water partition coefficient (Wildman–Crippen LogP) is 2.76. The number of nitrogens with zero attached hydrogens (tertiary/aromatic N) is 6. The fourth-order valence-electron chi connectivity index (χ4n) is 5.06. The van der Waals surface area contributed by atoms with E-state index in [1.807, 2.05) is 6.07 Å². The zero-order valence-corrected chi connectivity index (χ0v) is 24.0. The summed E-state index contributed by atoms with van der Waals surface area (Å²) in [5, 5.41) is 16.5. The van der Waals surface area contributed by atoms with Gasteiger partial charge in [-0.3, -0.25) is 23.6 Å². The summed E-state index contributed by atoms with van der Waals surface area (Å²) >= 11 is 0. The number of aromatic nitrogens is 6. The topological polar surface area (TPSA) is 206 Å². The van der Waals surface area contributed by atoms with Crippen LogP contribution < -0.4 is 22.3 Å². The fourth-order valence-corrected chi connectivity index (χ4v) is 5.06. The number of nitrogen functional groups attached to an aromatic ring is 1. The quantitative estimate of drug-likeness (QED) is 0.168. The largest absolute Gasteiger partial charge is 0.481 e. The van der Waals surface area contributed by atoms with Crippen LogP contribution in [0, 0.1) is 5.82 Å². The molecule has 3 heterocycles. The van der Waals surface area contributed by atoms with E-state index in [9.17, 15) is 14.4 Å². The van der Waals surface area contributed by atoms with E-state index in [0.29, 0.717) is 22.6 Å². The molecule has 0 saturated heterocycles. The number of halogens is 1. The first-order chi connectivity index (χ1) is 21.6. The Morgan fingerprint density at radius 3 is 2.71 bits per heavy atom. The zero-order valence-electron chi connectivity index (χ0n) is 24.0. The molecule has 1 saturated carbocycles. The molecule has 3 aromatic heterocycles. The van der Waals surface area contributed by atoms with E-state index in [4.69, 9.17) is 21.3 Å². The van der Waals surface area contributed by atoms with E-state index in [1.165, 1.54) is 16.8 Å². The monoisotopic (exact) mass is 613 g/mol. The molecule has 0 unspecified atom stereocenters. The summed E-state index contributed by atoms with van der Waals surface area (Å²) in [5.74, 6) is -2.54. The molecule has 6 rings (SSSR count). The number of carboxylic acid groups (broad SMARTS) is 1. The Kier molecular flexibility index (Phi) is 7.68. The Labute approximate surface area is 254 Å². The summed E-state index contributed by atoms with van der Waals surface area (Å²) in [6, 6.07) is 8.29. The number of nitrogens with two attached hydrogens (primary N) is 2. The number of aryl methyl sites for hydroxylation is 1. The van der Waals surface area contributed by atoms with Crippen LogP contribution in [0.1, 0.15) is 36.3 Å². The molecule has 45 heavy (non-hydrogen) atoms. The number of benzene rings is 2. The van der Waals surface area contributed by atoms with E-state index in [0.717, 1.165) is 18.4 Å². The normalized spacial score (nSPS) is 13.5. The lowest BCUT2D eigenvalue weighted by Gasteiger charge is -2.18. The van der Waals surface area contributed by atoms with Gasteiger partial charge in [0.15, 0.2) is 5.82 Å². The molecular formula is C30H28FN9O5. The average Bonchev–Trinajstić information content (AvgIpc) is 3.76. The summed E-state index contributed by atoms with van der Waals surface area (Å²) < 4.78 is 23.6. The van der Waals surface area contributed by atoms with Gasteiger partial charge in [0.2, 0.25) is 11.9 Å². The van der Waals surface area contributed by atoms with Crippen LogP contribution in [0.25, 0.3) is 27.8 Å². The molecule has 15 heteroatoms. The summed E-state index contributed by atoms with van der Waals surface area (Å²) in [4.78, 5) is 50.4. The van der Waals surface area contributed by atoms with Crippen molar-refractivity contribution in [3.63, 3.8) is 0 Å². The van der Waals surface area contributed by atoms with Crippen molar-refractivity contribution in [3.8, 4) is 17.1 Å². The molecule has 1 aliphatic rings. The minimum atomic E-state index is -1.43. The molecule has 0 bridgehead atoms. The van der Waals surface area contributed by atoms with Gasteiger partial charge in [-0.1, -0.05) is 18.2 Å².